The van der Waals surface area contributed by atoms with Crippen molar-refractivity contribution in [3.8, 4) is 0 Å². The average Bonchev–Trinajstić information content (AvgIpc) is 2.94. The molecular weight excluding hydrogens is 569 g/mol. The van der Waals surface area contributed by atoms with Gasteiger partial charge in [0, 0.05) is 17.6 Å². The van der Waals surface area contributed by atoms with Crippen molar-refractivity contribution in [3.05, 3.63) is 94.0 Å². The molecule has 0 bridgehead atoms. The monoisotopic (exact) mass is 603 g/mol. The Labute approximate surface area is 247 Å². The van der Waals surface area contributed by atoms with Gasteiger partial charge in [0.2, 0.25) is 11.8 Å². The first-order valence-corrected chi connectivity index (χ1v) is 15.4. The number of hydrogen-bond donors (Lipinski definition) is 1. The number of halogens is 2. The van der Waals surface area contributed by atoms with Gasteiger partial charge in [-0.2, -0.15) is 0 Å². The van der Waals surface area contributed by atoms with Crippen LogP contribution in [0.15, 0.2) is 77.7 Å². The van der Waals surface area contributed by atoms with Crippen LogP contribution in [0.3, 0.4) is 0 Å². The lowest BCUT2D eigenvalue weighted by atomic mass is 10.1. The van der Waals surface area contributed by atoms with Gasteiger partial charge in [0.05, 0.1) is 15.6 Å². The third-order valence-corrected chi connectivity index (χ3v) is 8.98. The normalized spacial score (nSPS) is 12.8. The molecule has 10 heteroatoms. The number of hydrogen-bond acceptors (Lipinski definition) is 4. The molecule has 1 N–H and O–H groups in total. The van der Waals surface area contributed by atoms with E-state index in [-0.39, 0.29) is 39.1 Å². The van der Waals surface area contributed by atoms with E-state index in [4.69, 9.17) is 23.2 Å². The van der Waals surface area contributed by atoms with Crippen LogP contribution in [0.5, 0.6) is 0 Å². The molecule has 0 saturated heterocycles. The Morgan fingerprint density at radius 1 is 0.925 bits per heavy atom. The number of carbonyl (C=O) groups is 2. The average molecular weight is 605 g/mol. The first kappa shape index (κ1) is 31.5. The number of amides is 2. The molecule has 0 aliphatic heterocycles. The second-order valence-corrected chi connectivity index (χ2v) is 12.4. The Morgan fingerprint density at radius 2 is 1.57 bits per heavy atom. The van der Waals surface area contributed by atoms with Crippen LogP contribution in [0.4, 0.5) is 5.69 Å². The van der Waals surface area contributed by atoms with Crippen molar-refractivity contribution in [3.63, 3.8) is 0 Å². The smallest absolute Gasteiger partial charge is 0.264 e. The summed E-state index contributed by atoms with van der Waals surface area (Å²) >= 11 is 12.7. The van der Waals surface area contributed by atoms with Crippen LogP contribution >= 0.6 is 23.2 Å². The van der Waals surface area contributed by atoms with Crippen molar-refractivity contribution < 1.29 is 18.0 Å². The summed E-state index contributed by atoms with van der Waals surface area (Å²) in [5.41, 5.74) is 1.93. The van der Waals surface area contributed by atoms with Gasteiger partial charge in [-0.25, -0.2) is 8.42 Å². The second kappa shape index (κ2) is 14.0. The van der Waals surface area contributed by atoms with E-state index in [1.165, 1.54) is 29.2 Å². The van der Waals surface area contributed by atoms with E-state index >= 15 is 0 Å². The van der Waals surface area contributed by atoms with Crippen molar-refractivity contribution in [2.45, 2.75) is 64.1 Å². The molecule has 3 rings (SSSR count). The number of benzene rings is 3. The molecule has 0 radical (unpaired) electrons. The highest BCUT2D eigenvalue weighted by Crippen LogP contribution is 2.33. The number of anilines is 1. The van der Waals surface area contributed by atoms with Crippen LogP contribution < -0.4 is 9.62 Å². The summed E-state index contributed by atoms with van der Waals surface area (Å²) in [7, 11) is -4.23. The van der Waals surface area contributed by atoms with Gasteiger partial charge in [-0.05, 0) is 62.6 Å². The third-order valence-electron chi connectivity index (χ3n) is 6.65. The highest BCUT2D eigenvalue weighted by molar-refractivity contribution is 7.92. The molecule has 3 aromatic carbocycles. The largest absolute Gasteiger partial charge is 0.352 e. The van der Waals surface area contributed by atoms with Crippen LogP contribution in [0.2, 0.25) is 10.0 Å². The van der Waals surface area contributed by atoms with Gasteiger partial charge >= 0.3 is 0 Å². The van der Waals surface area contributed by atoms with Gasteiger partial charge < -0.3 is 10.2 Å². The van der Waals surface area contributed by atoms with Crippen LogP contribution in [0, 0.1) is 6.92 Å². The molecular formula is C30H35Cl2N3O4S. The van der Waals surface area contributed by atoms with Gasteiger partial charge in [0.15, 0.2) is 0 Å². The summed E-state index contributed by atoms with van der Waals surface area (Å²) < 4.78 is 28.7. The first-order valence-electron chi connectivity index (χ1n) is 13.2. The molecule has 0 heterocycles. The van der Waals surface area contributed by atoms with E-state index in [0.29, 0.717) is 6.42 Å². The Hall–Kier alpha value is -3.07. The molecule has 214 valence electrons. The van der Waals surface area contributed by atoms with Crippen molar-refractivity contribution in [1.82, 2.24) is 10.2 Å². The maximum Gasteiger partial charge on any atom is 0.264 e. The molecule has 0 aliphatic rings. The molecule has 7 nitrogen and oxygen atoms in total. The summed E-state index contributed by atoms with van der Waals surface area (Å²) in [6.07, 6.45) is 1.06. The van der Waals surface area contributed by atoms with E-state index < -0.39 is 28.5 Å². The molecule has 2 atom stereocenters. The fraction of sp³-hybridized carbons (Fsp3) is 0.333. The summed E-state index contributed by atoms with van der Waals surface area (Å²) in [6, 6.07) is 19.0. The predicted octanol–water partition coefficient (Wildman–Crippen LogP) is 6.22. The topological polar surface area (TPSA) is 86.8 Å². The minimum absolute atomic E-state index is 0.00881. The van der Waals surface area contributed by atoms with Crippen LogP contribution in [-0.2, 0) is 26.2 Å². The lowest BCUT2D eigenvalue weighted by Crippen LogP contribution is -2.53. The van der Waals surface area contributed by atoms with Gasteiger partial charge in [0.1, 0.15) is 12.6 Å². The second-order valence-electron chi connectivity index (χ2n) is 9.67. The molecule has 40 heavy (non-hydrogen) atoms. The first-order chi connectivity index (χ1) is 19.0. The number of nitrogens with one attached hydrogen (secondary N) is 1. The number of rotatable bonds is 12. The number of aryl methyl sites for hydroxylation is 1. The van der Waals surface area contributed by atoms with Gasteiger partial charge in [-0.3, -0.25) is 13.9 Å². The van der Waals surface area contributed by atoms with Crippen molar-refractivity contribution in [1.29, 1.82) is 0 Å². The zero-order valence-electron chi connectivity index (χ0n) is 23.1. The van der Waals surface area contributed by atoms with Crippen molar-refractivity contribution in [2.24, 2.45) is 0 Å². The summed E-state index contributed by atoms with van der Waals surface area (Å²) in [5, 5.41) is 3.34. The van der Waals surface area contributed by atoms with Crippen LogP contribution in [0.25, 0.3) is 0 Å². The molecule has 0 unspecified atom stereocenters. The Balaban J connectivity index is 2.08. The lowest BCUT2D eigenvalue weighted by Gasteiger charge is -2.34. The summed E-state index contributed by atoms with van der Waals surface area (Å²) in [4.78, 5) is 28.9. The minimum Gasteiger partial charge on any atom is -0.352 e. The molecule has 3 aromatic rings. The molecule has 2 amide bonds. The maximum absolute atomic E-state index is 14.1. The third kappa shape index (κ3) is 7.77. The van der Waals surface area contributed by atoms with E-state index in [2.05, 4.69) is 5.32 Å². The molecule has 0 saturated carbocycles. The Kier molecular flexibility index (Phi) is 11.0. The van der Waals surface area contributed by atoms with Crippen molar-refractivity contribution >= 4 is 50.7 Å². The lowest BCUT2D eigenvalue weighted by molar-refractivity contribution is -0.140. The number of sulfonamides is 1. The predicted molar refractivity (Wildman–Crippen MR) is 161 cm³/mol. The fourth-order valence-electron chi connectivity index (χ4n) is 4.16. The fourth-order valence-corrected chi connectivity index (χ4v) is 6.04. The van der Waals surface area contributed by atoms with Gasteiger partial charge in [-0.1, -0.05) is 85.1 Å². The Bertz CT molecular complexity index is 1420. The van der Waals surface area contributed by atoms with Gasteiger partial charge in [0.25, 0.3) is 10.0 Å². The van der Waals surface area contributed by atoms with E-state index in [1.54, 1.807) is 24.3 Å². The number of nitrogens with zero attached hydrogens (tertiary/aromatic N) is 2. The van der Waals surface area contributed by atoms with Crippen molar-refractivity contribution in [2.75, 3.05) is 10.8 Å². The minimum atomic E-state index is -4.23. The van der Waals surface area contributed by atoms with Gasteiger partial charge in [-0.15, -0.1) is 0 Å². The van der Waals surface area contributed by atoms with Crippen LogP contribution in [0.1, 0.15) is 44.7 Å². The molecule has 0 fully saturated rings. The zero-order chi connectivity index (χ0) is 29.4. The molecule has 0 aromatic heterocycles. The highest BCUT2D eigenvalue weighted by Gasteiger charge is 2.34. The maximum atomic E-state index is 14.1. The summed E-state index contributed by atoms with van der Waals surface area (Å²) in [5.74, 6) is -0.849. The summed E-state index contributed by atoms with van der Waals surface area (Å²) in [6.45, 7) is 7.17. The van der Waals surface area contributed by atoms with E-state index in [1.807, 2.05) is 52.0 Å². The quantitative estimate of drug-likeness (QED) is 0.266. The molecule has 0 aliphatic carbocycles. The Morgan fingerprint density at radius 3 is 2.17 bits per heavy atom. The SMILES string of the molecule is CC[C@H](C)NC(=O)[C@H](CC)N(Cc1ccc(C)cc1)C(=O)CN(c1cc(Cl)ccc1Cl)S(=O)(=O)c1ccccc1. The van der Waals surface area contributed by atoms with Crippen LogP contribution in [-0.4, -0.2) is 43.8 Å². The standard InChI is InChI=1S/C30H35Cl2N3O4S/c1-5-22(4)33-30(37)27(6-2)34(19-23-14-12-21(3)13-15-23)29(36)20-35(28-18-24(31)16-17-26(28)32)40(38,39)25-10-8-7-9-11-25/h7-18,22,27H,5-6,19-20H2,1-4H3,(H,33,37)/t22-,27-/m0/s1. The molecule has 0 spiro atoms. The highest BCUT2D eigenvalue weighted by atomic mass is 35.5. The number of carbonyl (C=O) groups excluding carboxylic acids is 2. The van der Waals surface area contributed by atoms with E-state index in [9.17, 15) is 18.0 Å². The zero-order valence-corrected chi connectivity index (χ0v) is 25.4. The van der Waals surface area contributed by atoms with E-state index in [0.717, 1.165) is 21.9 Å².